The summed E-state index contributed by atoms with van der Waals surface area (Å²) in [5.41, 5.74) is -0.0636. The summed E-state index contributed by atoms with van der Waals surface area (Å²) in [5.74, 6) is 0.451. The molecule has 1 saturated heterocycles. The summed E-state index contributed by atoms with van der Waals surface area (Å²) in [5, 5.41) is 20.1. The van der Waals surface area contributed by atoms with Gasteiger partial charge in [0.25, 0.3) is 0 Å². The third kappa shape index (κ3) is 3.49. The summed E-state index contributed by atoms with van der Waals surface area (Å²) in [4.78, 5) is 13.8. The number of aliphatic hydroxyl groups excluding tert-OH is 1. The fourth-order valence-corrected chi connectivity index (χ4v) is 3.59. The second-order valence-corrected chi connectivity index (χ2v) is 6.36. The van der Waals surface area contributed by atoms with E-state index in [1.54, 1.807) is 14.2 Å². The standard InChI is InChI=1S/C18H27NO5/c1-4-8-18(17(21)22)9-10-19(12-15(18)20)11-13-6-5-7-14(23-2)16(13)24-3/h5-7,15,20H,4,8-12H2,1-3H3,(H,21,22)/t15?,18-/m0/s1. The van der Waals surface area contributed by atoms with Gasteiger partial charge in [-0.05, 0) is 25.5 Å². The van der Waals surface area contributed by atoms with Crippen molar-refractivity contribution < 1.29 is 24.5 Å². The number of para-hydroxylation sites is 1. The van der Waals surface area contributed by atoms with E-state index in [-0.39, 0.29) is 0 Å². The number of carboxylic acids is 1. The number of hydrogen-bond donors (Lipinski definition) is 2. The van der Waals surface area contributed by atoms with Gasteiger partial charge in [0, 0.05) is 18.7 Å². The Labute approximate surface area is 143 Å². The first-order valence-electron chi connectivity index (χ1n) is 8.32. The topological polar surface area (TPSA) is 79.2 Å². The van der Waals surface area contributed by atoms with Crippen molar-refractivity contribution in [3.8, 4) is 11.5 Å². The zero-order valence-corrected chi connectivity index (χ0v) is 14.6. The van der Waals surface area contributed by atoms with Gasteiger partial charge in [0.1, 0.15) is 0 Å². The molecule has 1 aromatic rings. The quantitative estimate of drug-likeness (QED) is 0.794. The van der Waals surface area contributed by atoms with E-state index in [1.807, 2.05) is 25.1 Å². The Balaban J connectivity index is 2.14. The van der Waals surface area contributed by atoms with Crippen molar-refractivity contribution in [1.29, 1.82) is 0 Å². The van der Waals surface area contributed by atoms with E-state index in [0.717, 1.165) is 12.0 Å². The lowest BCUT2D eigenvalue weighted by Gasteiger charge is -2.42. The first kappa shape index (κ1) is 18.5. The number of hydrogen-bond acceptors (Lipinski definition) is 5. The fourth-order valence-electron chi connectivity index (χ4n) is 3.59. The van der Waals surface area contributed by atoms with Gasteiger partial charge in [0.05, 0.1) is 25.7 Å². The van der Waals surface area contributed by atoms with Gasteiger partial charge in [-0.1, -0.05) is 25.5 Å². The molecule has 6 heteroatoms. The smallest absolute Gasteiger partial charge is 0.312 e. The van der Waals surface area contributed by atoms with Crippen LogP contribution in [0.1, 0.15) is 31.7 Å². The number of carboxylic acid groups (broad SMARTS) is 1. The highest BCUT2D eigenvalue weighted by Crippen LogP contribution is 2.38. The van der Waals surface area contributed by atoms with Gasteiger partial charge in [-0.2, -0.15) is 0 Å². The van der Waals surface area contributed by atoms with Crippen molar-refractivity contribution in [1.82, 2.24) is 4.90 Å². The lowest BCUT2D eigenvalue weighted by atomic mass is 9.72. The monoisotopic (exact) mass is 337 g/mol. The van der Waals surface area contributed by atoms with Crippen LogP contribution in [0.3, 0.4) is 0 Å². The fraction of sp³-hybridized carbons (Fsp3) is 0.611. The Kier molecular flexibility index (Phi) is 6.07. The van der Waals surface area contributed by atoms with Crippen LogP contribution < -0.4 is 9.47 Å². The molecule has 1 fully saturated rings. The van der Waals surface area contributed by atoms with Crippen molar-refractivity contribution in [2.45, 2.75) is 38.8 Å². The lowest BCUT2D eigenvalue weighted by molar-refractivity contribution is -0.164. The normalized spacial score (nSPS) is 24.6. The highest BCUT2D eigenvalue weighted by atomic mass is 16.5. The molecule has 0 bridgehead atoms. The Morgan fingerprint density at radius 1 is 1.38 bits per heavy atom. The number of piperidine rings is 1. The van der Waals surface area contributed by atoms with Crippen LogP contribution >= 0.6 is 0 Å². The van der Waals surface area contributed by atoms with E-state index in [9.17, 15) is 15.0 Å². The number of carbonyl (C=O) groups is 1. The van der Waals surface area contributed by atoms with E-state index in [0.29, 0.717) is 44.0 Å². The van der Waals surface area contributed by atoms with Crippen LogP contribution in [0.15, 0.2) is 18.2 Å². The molecule has 24 heavy (non-hydrogen) atoms. The molecule has 134 valence electrons. The molecule has 2 atom stereocenters. The van der Waals surface area contributed by atoms with Crippen LogP contribution in [0.5, 0.6) is 11.5 Å². The predicted molar refractivity (Wildman–Crippen MR) is 90.4 cm³/mol. The summed E-state index contributed by atoms with van der Waals surface area (Å²) in [7, 11) is 3.20. The van der Waals surface area contributed by atoms with Crippen LogP contribution in [0.4, 0.5) is 0 Å². The molecule has 2 N–H and O–H groups in total. The summed E-state index contributed by atoms with van der Waals surface area (Å²) < 4.78 is 10.8. The highest BCUT2D eigenvalue weighted by molar-refractivity contribution is 5.75. The zero-order valence-electron chi connectivity index (χ0n) is 14.6. The number of aliphatic hydroxyl groups is 1. The first-order chi connectivity index (χ1) is 11.5. The van der Waals surface area contributed by atoms with Crippen LogP contribution in [-0.4, -0.2) is 54.5 Å². The molecule has 1 aromatic carbocycles. The zero-order chi connectivity index (χ0) is 17.7. The van der Waals surface area contributed by atoms with E-state index < -0.39 is 17.5 Å². The van der Waals surface area contributed by atoms with Crippen LogP contribution in [0, 0.1) is 5.41 Å². The summed E-state index contributed by atoms with van der Waals surface area (Å²) in [6, 6.07) is 5.69. The maximum absolute atomic E-state index is 11.7. The first-order valence-corrected chi connectivity index (χ1v) is 8.32. The molecule has 6 nitrogen and oxygen atoms in total. The third-order valence-electron chi connectivity index (χ3n) is 4.94. The van der Waals surface area contributed by atoms with Crippen LogP contribution in [0.2, 0.25) is 0 Å². The SMILES string of the molecule is CCC[C@]1(C(=O)O)CCN(Cc2cccc(OC)c2OC)CC1O. The largest absolute Gasteiger partial charge is 0.493 e. The molecule has 0 spiro atoms. The Morgan fingerprint density at radius 3 is 2.67 bits per heavy atom. The molecule has 0 aliphatic carbocycles. The Morgan fingerprint density at radius 2 is 2.12 bits per heavy atom. The number of rotatable bonds is 7. The molecular weight excluding hydrogens is 310 g/mol. The minimum absolute atomic E-state index is 0.340. The molecule has 1 aliphatic heterocycles. The summed E-state index contributed by atoms with van der Waals surface area (Å²) >= 11 is 0. The number of aliphatic carboxylic acids is 1. The number of likely N-dealkylation sites (tertiary alicyclic amines) is 1. The highest BCUT2D eigenvalue weighted by Gasteiger charge is 2.47. The second-order valence-electron chi connectivity index (χ2n) is 6.36. The van der Waals surface area contributed by atoms with Gasteiger partial charge in [-0.25, -0.2) is 0 Å². The summed E-state index contributed by atoms with van der Waals surface area (Å²) in [6.45, 7) is 3.50. The molecule has 1 heterocycles. The predicted octanol–water partition coefficient (Wildman–Crippen LogP) is 2.14. The van der Waals surface area contributed by atoms with Gasteiger partial charge in [0.2, 0.25) is 0 Å². The number of ether oxygens (including phenoxy) is 2. The molecule has 1 unspecified atom stereocenters. The molecule has 0 saturated carbocycles. The van der Waals surface area contributed by atoms with Gasteiger partial charge in [-0.15, -0.1) is 0 Å². The van der Waals surface area contributed by atoms with E-state index >= 15 is 0 Å². The van der Waals surface area contributed by atoms with Gasteiger partial charge in [0.15, 0.2) is 11.5 Å². The van der Waals surface area contributed by atoms with E-state index in [2.05, 4.69) is 4.90 Å². The van der Waals surface area contributed by atoms with Crippen molar-refractivity contribution in [2.24, 2.45) is 5.41 Å². The molecule has 2 rings (SSSR count). The van der Waals surface area contributed by atoms with Gasteiger partial charge >= 0.3 is 5.97 Å². The second kappa shape index (κ2) is 7.85. The van der Waals surface area contributed by atoms with Gasteiger partial charge < -0.3 is 19.7 Å². The van der Waals surface area contributed by atoms with Gasteiger partial charge in [-0.3, -0.25) is 9.69 Å². The van der Waals surface area contributed by atoms with Crippen molar-refractivity contribution in [3.63, 3.8) is 0 Å². The number of benzene rings is 1. The Bertz CT molecular complexity index is 577. The van der Waals surface area contributed by atoms with Crippen LogP contribution in [0.25, 0.3) is 0 Å². The molecule has 1 aliphatic rings. The van der Waals surface area contributed by atoms with E-state index in [4.69, 9.17) is 9.47 Å². The average Bonchev–Trinajstić information content (AvgIpc) is 2.57. The molecule has 0 radical (unpaired) electrons. The minimum atomic E-state index is -1.02. The van der Waals surface area contributed by atoms with Crippen LogP contribution in [-0.2, 0) is 11.3 Å². The number of β-amino-alcohol motifs (C(OH)–C–C–N with tert-alkyl or cyclic N) is 1. The van der Waals surface area contributed by atoms with E-state index in [1.165, 1.54) is 0 Å². The van der Waals surface area contributed by atoms with Crippen molar-refractivity contribution >= 4 is 5.97 Å². The summed E-state index contributed by atoms with van der Waals surface area (Å²) in [6.07, 6.45) is 0.816. The van der Waals surface area contributed by atoms with Crippen molar-refractivity contribution in [3.05, 3.63) is 23.8 Å². The maximum atomic E-state index is 11.7. The Hall–Kier alpha value is -1.79. The third-order valence-corrected chi connectivity index (χ3v) is 4.94. The minimum Gasteiger partial charge on any atom is -0.493 e. The maximum Gasteiger partial charge on any atom is 0.312 e. The number of methoxy groups -OCH3 is 2. The van der Waals surface area contributed by atoms with Crippen molar-refractivity contribution in [2.75, 3.05) is 27.3 Å². The average molecular weight is 337 g/mol. The number of nitrogens with zero attached hydrogens (tertiary/aromatic N) is 1. The molecular formula is C18H27NO5. The molecule has 0 amide bonds. The molecule has 0 aromatic heterocycles. The lowest BCUT2D eigenvalue weighted by Crippen LogP contribution is -2.54.